The van der Waals surface area contributed by atoms with E-state index in [1.165, 1.54) is 5.56 Å². The molecular formula is C22H36O6. The predicted molar refractivity (Wildman–Crippen MR) is 107 cm³/mol. The Hall–Kier alpha value is -1.18. The maximum atomic E-state index is 10.3. The molecule has 0 radical (unpaired) electrons. The van der Waals surface area contributed by atoms with Gasteiger partial charge in [0.1, 0.15) is 30.2 Å². The zero-order valence-corrected chi connectivity index (χ0v) is 17.8. The lowest BCUT2D eigenvalue weighted by Gasteiger charge is -2.40. The van der Waals surface area contributed by atoms with Crippen LogP contribution in [0.5, 0.6) is 5.75 Å². The Morgan fingerprint density at radius 3 is 2.04 bits per heavy atom. The highest BCUT2D eigenvalue weighted by atomic mass is 16.7. The monoisotopic (exact) mass is 396 g/mol. The first-order valence-corrected chi connectivity index (χ1v) is 9.90. The lowest BCUT2D eigenvalue weighted by molar-refractivity contribution is -0.277. The second-order valence-electron chi connectivity index (χ2n) is 10.2. The average Bonchev–Trinajstić information content (AvgIpc) is 2.54. The molecule has 1 aliphatic heterocycles. The van der Waals surface area contributed by atoms with Crippen LogP contribution in [0.2, 0.25) is 0 Å². The molecule has 0 saturated carbocycles. The van der Waals surface area contributed by atoms with Crippen LogP contribution in [-0.2, 0) is 17.6 Å². The van der Waals surface area contributed by atoms with Gasteiger partial charge in [-0.2, -0.15) is 0 Å². The number of aliphatic hydroxyl groups excluding tert-OH is 4. The van der Waals surface area contributed by atoms with E-state index < -0.39 is 37.3 Å². The van der Waals surface area contributed by atoms with Gasteiger partial charge in [-0.1, -0.05) is 53.7 Å². The largest absolute Gasteiger partial charge is 0.462 e. The van der Waals surface area contributed by atoms with Crippen molar-refractivity contribution in [2.45, 2.75) is 85.1 Å². The molecule has 1 aliphatic rings. The third-order valence-corrected chi connectivity index (χ3v) is 4.67. The second-order valence-corrected chi connectivity index (χ2v) is 10.2. The smallest absolute Gasteiger partial charge is 0.229 e. The van der Waals surface area contributed by atoms with Crippen molar-refractivity contribution in [3.63, 3.8) is 0 Å². The van der Waals surface area contributed by atoms with Crippen LogP contribution in [0.1, 0.15) is 52.7 Å². The minimum Gasteiger partial charge on any atom is -0.462 e. The Labute approximate surface area is 168 Å². The Morgan fingerprint density at radius 2 is 1.50 bits per heavy atom. The first-order chi connectivity index (χ1) is 12.8. The van der Waals surface area contributed by atoms with Crippen molar-refractivity contribution in [3.8, 4) is 5.75 Å². The van der Waals surface area contributed by atoms with E-state index in [0.717, 1.165) is 18.4 Å². The molecule has 0 amide bonds. The molecule has 5 atom stereocenters. The van der Waals surface area contributed by atoms with Gasteiger partial charge >= 0.3 is 0 Å². The van der Waals surface area contributed by atoms with Crippen LogP contribution >= 0.6 is 0 Å². The van der Waals surface area contributed by atoms with Crippen LogP contribution in [-0.4, -0.2) is 57.7 Å². The standard InChI is InChI=1S/C22H36O6/c1-21(2,3)10-13-7-8-15(14(9-13)11-22(4,5)6)27-20-19(26)18(25)17(24)16(12-23)28-20/h7-9,16-20,23-26H,10-12H2,1-6H3. The van der Waals surface area contributed by atoms with Crippen LogP contribution < -0.4 is 4.74 Å². The normalized spacial score (nSPS) is 29.0. The van der Waals surface area contributed by atoms with E-state index in [1.54, 1.807) is 0 Å². The predicted octanol–water partition coefficient (Wildman–Crippen LogP) is 2.04. The number of ether oxygens (including phenoxy) is 2. The van der Waals surface area contributed by atoms with Gasteiger partial charge in [0.15, 0.2) is 0 Å². The molecule has 6 heteroatoms. The fourth-order valence-corrected chi connectivity index (χ4v) is 3.47. The lowest BCUT2D eigenvalue weighted by Crippen LogP contribution is -2.60. The number of rotatable bonds is 5. The second kappa shape index (κ2) is 8.67. The lowest BCUT2D eigenvalue weighted by atomic mass is 9.84. The highest BCUT2D eigenvalue weighted by Crippen LogP contribution is 2.33. The van der Waals surface area contributed by atoms with E-state index in [2.05, 4.69) is 47.6 Å². The summed E-state index contributed by atoms with van der Waals surface area (Å²) in [5.74, 6) is 0.567. The van der Waals surface area contributed by atoms with E-state index in [4.69, 9.17) is 9.47 Å². The minimum atomic E-state index is -1.46. The third kappa shape index (κ3) is 6.16. The first kappa shape index (κ1) is 23.1. The molecule has 0 aliphatic carbocycles. The van der Waals surface area contributed by atoms with Gasteiger partial charge in [-0.15, -0.1) is 0 Å². The third-order valence-electron chi connectivity index (χ3n) is 4.67. The van der Waals surface area contributed by atoms with Crippen LogP contribution in [0.25, 0.3) is 0 Å². The summed E-state index contributed by atoms with van der Waals surface area (Å²) in [4.78, 5) is 0. The number of aliphatic hydroxyl groups is 4. The molecule has 160 valence electrons. The van der Waals surface area contributed by atoms with Crippen molar-refractivity contribution in [2.24, 2.45) is 10.8 Å². The van der Waals surface area contributed by atoms with E-state index in [1.807, 2.05) is 12.1 Å². The quantitative estimate of drug-likeness (QED) is 0.608. The Balaban J connectivity index is 2.30. The van der Waals surface area contributed by atoms with E-state index in [0.29, 0.717) is 5.75 Å². The topological polar surface area (TPSA) is 99.4 Å². The van der Waals surface area contributed by atoms with E-state index in [-0.39, 0.29) is 10.8 Å². The molecule has 1 aromatic carbocycles. The molecule has 1 saturated heterocycles. The van der Waals surface area contributed by atoms with Gasteiger partial charge in [-0.25, -0.2) is 0 Å². The van der Waals surface area contributed by atoms with Gasteiger partial charge in [0.2, 0.25) is 6.29 Å². The highest BCUT2D eigenvalue weighted by Gasteiger charge is 2.44. The van der Waals surface area contributed by atoms with Gasteiger partial charge in [-0.05, 0) is 40.9 Å². The summed E-state index contributed by atoms with van der Waals surface area (Å²) < 4.78 is 11.4. The van der Waals surface area contributed by atoms with Gasteiger partial charge < -0.3 is 29.9 Å². The van der Waals surface area contributed by atoms with Crippen molar-refractivity contribution in [3.05, 3.63) is 29.3 Å². The molecule has 0 spiro atoms. The van der Waals surface area contributed by atoms with Crippen molar-refractivity contribution in [1.82, 2.24) is 0 Å². The van der Waals surface area contributed by atoms with Crippen LogP contribution in [0.4, 0.5) is 0 Å². The van der Waals surface area contributed by atoms with Gasteiger partial charge in [-0.3, -0.25) is 0 Å². The average molecular weight is 397 g/mol. The van der Waals surface area contributed by atoms with Gasteiger partial charge in [0.25, 0.3) is 0 Å². The van der Waals surface area contributed by atoms with Crippen molar-refractivity contribution >= 4 is 0 Å². The Kier molecular flexibility index (Phi) is 7.16. The van der Waals surface area contributed by atoms with Crippen LogP contribution in [0, 0.1) is 10.8 Å². The number of benzene rings is 1. The van der Waals surface area contributed by atoms with E-state index >= 15 is 0 Å². The van der Waals surface area contributed by atoms with Gasteiger partial charge in [0.05, 0.1) is 6.61 Å². The summed E-state index contributed by atoms with van der Waals surface area (Å²) in [6, 6.07) is 5.98. The molecule has 6 nitrogen and oxygen atoms in total. The maximum Gasteiger partial charge on any atom is 0.229 e. The molecule has 4 N–H and O–H groups in total. The zero-order chi connectivity index (χ0) is 21.3. The molecule has 1 aromatic rings. The minimum absolute atomic E-state index is 0.0217. The zero-order valence-electron chi connectivity index (χ0n) is 17.8. The van der Waals surface area contributed by atoms with E-state index in [9.17, 15) is 20.4 Å². The van der Waals surface area contributed by atoms with Crippen molar-refractivity contribution < 1.29 is 29.9 Å². The first-order valence-electron chi connectivity index (χ1n) is 9.90. The highest BCUT2D eigenvalue weighted by molar-refractivity contribution is 5.38. The van der Waals surface area contributed by atoms with Crippen molar-refractivity contribution in [1.29, 1.82) is 0 Å². The maximum absolute atomic E-state index is 10.3. The molecule has 1 heterocycles. The molecule has 0 bridgehead atoms. The Morgan fingerprint density at radius 1 is 0.893 bits per heavy atom. The number of hydrogen-bond acceptors (Lipinski definition) is 6. The summed E-state index contributed by atoms with van der Waals surface area (Å²) in [5, 5.41) is 39.6. The van der Waals surface area contributed by atoms with Crippen molar-refractivity contribution in [2.75, 3.05) is 6.61 Å². The summed E-state index contributed by atoms with van der Waals surface area (Å²) in [7, 11) is 0. The fraction of sp³-hybridized carbons (Fsp3) is 0.727. The molecule has 28 heavy (non-hydrogen) atoms. The molecule has 2 rings (SSSR count). The molecular weight excluding hydrogens is 360 g/mol. The summed E-state index contributed by atoms with van der Waals surface area (Å²) >= 11 is 0. The molecule has 5 unspecified atom stereocenters. The van der Waals surface area contributed by atoms with Crippen LogP contribution in [0.3, 0.4) is 0 Å². The Bertz CT molecular complexity index is 643. The van der Waals surface area contributed by atoms with Crippen LogP contribution in [0.15, 0.2) is 18.2 Å². The molecule has 0 aromatic heterocycles. The molecule has 1 fully saturated rings. The summed E-state index contributed by atoms with van der Waals surface area (Å²) in [6.45, 7) is 12.5. The van der Waals surface area contributed by atoms with Gasteiger partial charge in [0, 0.05) is 0 Å². The summed E-state index contributed by atoms with van der Waals surface area (Å²) in [6.07, 6.45) is -4.76. The number of hydrogen-bond donors (Lipinski definition) is 4. The SMILES string of the molecule is CC(C)(C)Cc1ccc(OC2OC(CO)C(O)C(O)C2O)c(CC(C)(C)C)c1. The summed E-state index contributed by atoms with van der Waals surface area (Å²) in [5.41, 5.74) is 2.37. The fourth-order valence-electron chi connectivity index (χ4n) is 3.47.